The molecule has 0 aromatic carbocycles. The molecule has 90 valence electrons. The molecule has 1 aliphatic rings. The third kappa shape index (κ3) is 3.64. The number of aliphatic carboxylic acids is 1. The Labute approximate surface area is 94.5 Å². The van der Waals surface area contributed by atoms with Crippen LogP contribution in [0.2, 0.25) is 0 Å². The zero-order valence-electron chi connectivity index (χ0n) is 9.60. The van der Waals surface area contributed by atoms with Crippen molar-refractivity contribution < 1.29 is 19.5 Å². The molecule has 0 spiro atoms. The number of carbonyl (C=O) groups excluding carboxylic acids is 1. The van der Waals surface area contributed by atoms with Crippen LogP contribution in [-0.2, 0) is 14.4 Å². The molecular formula is C11H17NO4. The maximum Gasteiger partial charge on any atom is 0.361 e. The molecule has 1 rings (SSSR count). The number of hydrogen-bond acceptors (Lipinski definition) is 4. The molecule has 0 bridgehead atoms. The number of oxime groups is 1. The Kier molecular flexibility index (Phi) is 4.46. The molecule has 0 aromatic rings. The van der Waals surface area contributed by atoms with Gasteiger partial charge in [-0.15, -0.1) is 0 Å². The Morgan fingerprint density at radius 3 is 2.56 bits per heavy atom. The molecule has 1 N–H and O–H groups in total. The predicted octanol–water partition coefficient (Wildman–Crippen LogP) is 1.61. The van der Waals surface area contributed by atoms with E-state index in [0.29, 0.717) is 5.92 Å². The molecule has 2 atom stereocenters. The largest absolute Gasteiger partial charge is 0.476 e. The Hall–Kier alpha value is -1.39. The van der Waals surface area contributed by atoms with E-state index in [4.69, 9.17) is 9.94 Å². The summed E-state index contributed by atoms with van der Waals surface area (Å²) in [5, 5.41) is 12.1. The third-order valence-electron chi connectivity index (χ3n) is 2.72. The first-order valence-corrected chi connectivity index (χ1v) is 5.48. The number of carbonyl (C=O) groups is 2. The van der Waals surface area contributed by atoms with Gasteiger partial charge in [0.2, 0.25) is 5.71 Å². The van der Waals surface area contributed by atoms with Gasteiger partial charge < -0.3 is 9.94 Å². The van der Waals surface area contributed by atoms with Gasteiger partial charge in [-0.25, -0.2) is 4.79 Å². The Balaban J connectivity index is 2.55. The maximum atomic E-state index is 10.9. The first kappa shape index (κ1) is 12.7. The van der Waals surface area contributed by atoms with E-state index in [9.17, 15) is 9.59 Å². The highest BCUT2D eigenvalue weighted by atomic mass is 16.6. The fourth-order valence-electron chi connectivity index (χ4n) is 1.86. The van der Waals surface area contributed by atoms with Crippen molar-refractivity contribution in [2.45, 2.75) is 45.6 Å². The fourth-order valence-corrected chi connectivity index (χ4v) is 1.86. The van der Waals surface area contributed by atoms with Crippen molar-refractivity contribution in [1.29, 1.82) is 0 Å². The van der Waals surface area contributed by atoms with Crippen LogP contribution in [0, 0.1) is 5.92 Å². The highest BCUT2D eigenvalue weighted by Gasteiger charge is 2.22. The van der Waals surface area contributed by atoms with Gasteiger partial charge in [-0.3, -0.25) is 4.79 Å². The molecule has 0 aromatic heterocycles. The van der Waals surface area contributed by atoms with Gasteiger partial charge in [-0.05, 0) is 25.2 Å². The van der Waals surface area contributed by atoms with E-state index in [1.165, 1.54) is 13.3 Å². The predicted molar refractivity (Wildman–Crippen MR) is 58.3 cm³/mol. The summed E-state index contributed by atoms with van der Waals surface area (Å²) in [6.45, 7) is 3.29. The molecule has 1 fully saturated rings. The van der Waals surface area contributed by atoms with Crippen LogP contribution in [0.5, 0.6) is 0 Å². The Morgan fingerprint density at radius 1 is 1.38 bits per heavy atom. The second kappa shape index (κ2) is 5.63. The third-order valence-corrected chi connectivity index (χ3v) is 2.72. The molecule has 0 saturated heterocycles. The van der Waals surface area contributed by atoms with Crippen molar-refractivity contribution in [3.05, 3.63) is 0 Å². The van der Waals surface area contributed by atoms with Crippen LogP contribution >= 0.6 is 0 Å². The van der Waals surface area contributed by atoms with Gasteiger partial charge >= 0.3 is 5.97 Å². The summed E-state index contributed by atoms with van der Waals surface area (Å²) in [5.74, 6) is -1.35. The minimum absolute atomic E-state index is 0.0579. The molecule has 0 amide bonds. The number of rotatable bonds is 4. The first-order valence-electron chi connectivity index (χ1n) is 5.48. The number of nitrogens with zero attached hydrogens (tertiary/aromatic N) is 1. The quantitative estimate of drug-likeness (QED) is 0.449. The fraction of sp³-hybridized carbons (Fsp3) is 0.727. The number of ketones is 1. The van der Waals surface area contributed by atoms with Crippen molar-refractivity contribution in [1.82, 2.24) is 0 Å². The summed E-state index contributed by atoms with van der Waals surface area (Å²) in [5.41, 5.74) is -0.529. The lowest BCUT2D eigenvalue weighted by molar-refractivity contribution is -0.130. The van der Waals surface area contributed by atoms with Crippen LogP contribution in [0.25, 0.3) is 0 Å². The van der Waals surface area contributed by atoms with Crippen LogP contribution in [-0.4, -0.2) is 28.7 Å². The van der Waals surface area contributed by atoms with Crippen molar-refractivity contribution in [2.24, 2.45) is 11.1 Å². The highest BCUT2D eigenvalue weighted by Crippen LogP contribution is 2.25. The van der Waals surface area contributed by atoms with Crippen LogP contribution < -0.4 is 0 Å². The zero-order valence-corrected chi connectivity index (χ0v) is 9.60. The van der Waals surface area contributed by atoms with Crippen molar-refractivity contribution in [3.63, 3.8) is 0 Å². The molecule has 0 radical (unpaired) electrons. The summed E-state index contributed by atoms with van der Waals surface area (Å²) in [4.78, 5) is 26.7. The van der Waals surface area contributed by atoms with Gasteiger partial charge in [-0.1, -0.05) is 18.5 Å². The normalized spacial score (nSPS) is 26.2. The Morgan fingerprint density at radius 2 is 2.06 bits per heavy atom. The average molecular weight is 227 g/mol. The topological polar surface area (TPSA) is 76.0 Å². The van der Waals surface area contributed by atoms with E-state index >= 15 is 0 Å². The van der Waals surface area contributed by atoms with Crippen molar-refractivity contribution in [3.8, 4) is 0 Å². The SMILES string of the molecule is CC(=O)C(=NO[C@H]1CCC[C@@H](C)C1)C(=O)O. The van der Waals surface area contributed by atoms with E-state index in [0.717, 1.165) is 19.3 Å². The standard InChI is InChI=1S/C11H17NO4/c1-7-4-3-5-9(6-7)16-12-10(8(2)13)11(14)15/h7,9H,3-6H2,1-2H3,(H,14,15)/t7-,9+/m1/s1. The van der Waals surface area contributed by atoms with E-state index in [2.05, 4.69) is 12.1 Å². The molecule has 5 heteroatoms. The molecule has 1 saturated carbocycles. The number of carboxylic acid groups (broad SMARTS) is 1. The van der Waals surface area contributed by atoms with Gasteiger partial charge in [0.25, 0.3) is 0 Å². The first-order chi connectivity index (χ1) is 7.50. The number of Topliss-reactive ketones (excluding diaryl/α,β-unsaturated/α-hetero) is 1. The van der Waals surface area contributed by atoms with E-state index in [1.807, 2.05) is 0 Å². The molecule has 16 heavy (non-hydrogen) atoms. The summed E-state index contributed by atoms with van der Waals surface area (Å²) < 4.78 is 0. The minimum Gasteiger partial charge on any atom is -0.476 e. The van der Waals surface area contributed by atoms with Crippen molar-refractivity contribution in [2.75, 3.05) is 0 Å². The van der Waals surface area contributed by atoms with E-state index < -0.39 is 17.5 Å². The van der Waals surface area contributed by atoms with Crippen LogP contribution in [0.15, 0.2) is 5.16 Å². The molecular weight excluding hydrogens is 210 g/mol. The minimum atomic E-state index is -1.34. The van der Waals surface area contributed by atoms with Crippen molar-refractivity contribution >= 4 is 17.5 Å². The van der Waals surface area contributed by atoms with Crippen LogP contribution in [0.4, 0.5) is 0 Å². The van der Waals surface area contributed by atoms with Gasteiger partial charge in [-0.2, -0.15) is 0 Å². The smallest absolute Gasteiger partial charge is 0.361 e. The molecule has 0 unspecified atom stereocenters. The maximum absolute atomic E-state index is 10.9. The van der Waals surface area contributed by atoms with Gasteiger partial charge in [0.15, 0.2) is 5.78 Å². The average Bonchev–Trinajstić information content (AvgIpc) is 2.16. The Bertz CT molecular complexity index is 295. The van der Waals surface area contributed by atoms with Gasteiger partial charge in [0, 0.05) is 6.92 Å². The molecule has 1 aliphatic carbocycles. The lowest BCUT2D eigenvalue weighted by Gasteiger charge is -2.24. The molecule has 5 nitrogen and oxygen atoms in total. The molecule has 0 aliphatic heterocycles. The van der Waals surface area contributed by atoms with Crippen LogP contribution in [0.3, 0.4) is 0 Å². The second-order valence-electron chi connectivity index (χ2n) is 4.30. The second-order valence-corrected chi connectivity index (χ2v) is 4.30. The van der Waals surface area contributed by atoms with Gasteiger partial charge in [0.05, 0.1) is 0 Å². The summed E-state index contributed by atoms with van der Waals surface area (Å²) in [6, 6.07) is 0. The summed E-state index contributed by atoms with van der Waals surface area (Å²) >= 11 is 0. The highest BCUT2D eigenvalue weighted by molar-refractivity contribution is 6.63. The summed E-state index contributed by atoms with van der Waals surface area (Å²) in [6.07, 6.45) is 3.91. The number of hydrogen-bond donors (Lipinski definition) is 1. The molecule has 0 heterocycles. The van der Waals surface area contributed by atoms with E-state index in [1.54, 1.807) is 0 Å². The number of carboxylic acids is 1. The lowest BCUT2D eigenvalue weighted by Crippen LogP contribution is -2.25. The van der Waals surface area contributed by atoms with Gasteiger partial charge in [0.1, 0.15) is 6.10 Å². The lowest BCUT2D eigenvalue weighted by atomic mass is 9.89. The summed E-state index contributed by atoms with van der Waals surface area (Å²) in [7, 11) is 0. The monoisotopic (exact) mass is 227 g/mol. The van der Waals surface area contributed by atoms with E-state index in [-0.39, 0.29) is 6.10 Å². The zero-order chi connectivity index (χ0) is 12.1. The van der Waals surface area contributed by atoms with Crippen LogP contribution in [0.1, 0.15) is 39.5 Å².